The molecule has 1 aliphatic rings. The van der Waals surface area contributed by atoms with Gasteiger partial charge < -0.3 is 10.4 Å². The normalized spacial score (nSPS) is 15.8. The van der Waals surface area contributed by atoms with Gasteiger partial charge in [0.2, 0.25) is 5.91 Å². The van der Waals surface area contributed by atoms with Crippen LogP contribution in [0.2, 0.25) is 0 Å². The average Bonchev–Trinajstić information content (AvgIpc) is 2.84. The number of carbonyl (C=O) groups is 1. The van der Waals surface area contributed by atoms with Gasteiger partial charge in [-0.05, 0) is 37.8 Å². The van der Waals surface area contributed by atoms with Crippen molar-refractivity contribution in [3.8, 4) is 5.75 Å². The van der Waals surface area contributed by atoms with Gasteiger partial charge in [-0.2, -0.15) is 0 Å². The van der Waals surface area contributed by atoms with E-state index in [1.165, 1.54) is 19.0 Å². The molecule has 1 aliphatic carbocycles. The molecule has 18 heavy (non-hydrogen) atoms. The van der Waals surface area contributed by atoms with Crippen LogP contribution in [-0.4, -0.2) is 22.0 Å². The molecular formula is C14H20N2O2. The van der Waals surface area contributed by atoms with Gasteiger partial charge in [-0.25, -0.2) is 0 Å². The van der Waals surface area contributed by atoms with Crippen LogP contribution in [0.3, 0.4) is 0 Å². The van der Waals surface area contributed by atoms with Gasteiger partial charge in [0.1, 0.15) is 5.75 Å². The molecule has 0 radical (unpaired) electrons. The summed E-state index contributed by atoms with van der Waals surface area (Å²) in [5.41, 5.74) is 0.918. The first-order valence-corrected chi connectivity index (χ1v) is 6.67. The van der Waals surface area contributed by atoms with Crippen LogP contribution >= 0.6 is 0 Å². The minimum atomic E-state index is 0.153. The van der Waals surface area contributed by atoms with Gasteiger partial charge in [0.05, 0.1) is 6.20 Å². The van der Waals surface area contributed by atoms with E-state index in [2.05, 4.69) is 10.3 Å². The number of rotatable bonds is 5. The number of aryl methyl sites for hydroxylation is 1. The van der Waals surface area contributed by atoms with Crippen molar-refractivity contribution in [1.29, 1.82) is 0 Å². The van der Waals surface area contributed by atoms with E-state index in [0.29, 0.717) is 12.5 Å². The smallest absolute Gasteiger partial charge is 0.220 e. The summed E-state index contributed by atoms with van der Waals surface area (Å²) in [4.78, 5) is 15.8. The monoisotopic (exact) mass is 248 g/mol. The molecule has 1 aromatic heterocycles. The van der Waals surface area contributed by atoms with Crippen LogP contribution in [-0.2, 0) is 11.2 Å². The lowest BCUT2D eigenvalue weighted by Crippen LogP contribution is -2.32. The van der Waals surface area contributed by atoms with E-state index >= 15 is 0 Å². The maximum atomic E-state index is 11.7. The van der Waals surface area contributed by atoms with Crippen LogP contribution in [0.5, 0.6) is 5.75 Å². The van der Waals surface area contributed by atoms with Gasteiger partial charge in [-0.15, -0.1) is 0 Å². The minimum Gasteiger partial charge on any atom is -0.506 e. The summed E-state index contributed by atoms with van der Waals surface area (Å²) >= 11 is 0. The number of hydrogen-bond acceptors (Lipinski definition) is 3. The van der Waals surface area contributed by atoms with Crippen LogP contribution in [0.25, 0.3) is 0 Å². The first-order chi connectivity index (χ1) is 8.74. The number of aromatic nitrogens is 1. The Kier molecular flexibility index (Phi) is 4.56. The third-order valence-corrected chi connectivity index (χ3v) is 3.37. The van der Waals surface area contributed by atoms with Crippen molar-refractivity contribution in [3.63, 3.8) is 0 Å². The summed E-state index contributed by atoms with van der Waals surface area (Å²) in [6.07, 6.45) is 8.31. The van der Waals surface area contributed by atoms with Gasteiger partial charge in [0.15, 0.2) is 0 Å². The molecule has 0 aromatic carbocycles. The molecule has 1 saturated carbocycles. The fourth-order valence-electron chi connectivity index (χ4n) is 2.36. The SMILES string of the molecule is O=C(CCCc1ccc(O)cn1)NC1CCCC1. The lowest BCUT2D eigenvalue weighted by molar-refractivity contribution is -0.121. The van der Waals surface area contributed by atoms with E-state index in [4.69, 9.17) is 5.11 Å². The number of aromatic hydroxyl groups is 1. The predicted octanol–water partition coefficient (Wildman–Crippen LogP) is 2.17. The molecule has 0 atom stereocenters. The van der Waals surface area contributed by atoms with Crippen LogP contribution < -0.4 is 5.32 Å². The predicted molar refractivity (Wildman–Crippen MR) is 69.2 cm³/mol. The molecule has 0 unspecified atom stereocenters. The summed E-state index contributed by atoms with van der Waals surface area (Å²) in [7, 11) is 0. The zero-order valence-electron chi connectivity index (χ0n) is 10.6. The highest BCUT2D eigenvalue weighted by molar-refractivity contribution is 5.76. The Morgan fingerprint density at radius 2 is 2.17 bits per heavy atom. The van der Waals surface area contributed by atoms with Gasteiger partial charge >= 0.3 is 0 Å². The fourth-order valence-corrected chi connectivity index (χ4v) is 2.36. The second-order valence-electron chi connectivity index (χ2n) is 4.91. The molecule has 4 nitrogen and oxygen atoms in total. The summed E-state index contributed by atoms with van der Waals surface area (Å²) < 4.78 is 0. The third-order valence-electron chi connectivity index (χ3n) is 3.37. The summed E-state index contributed by atoms with van der Waals surface area (Å²) in [6, 6.07) is 3.83. The molecule has 1 heterocycles. The van der Waals surface area contributed by atoms with E-state index in [0.717, 1.165) is 31.4 Å². The summed E-state index contributed by atoms with van der Waals surface area (Å²) in [5.74, 6) is 0.332. The Balaban J connectivity index is 1.65. The first-order valence-electron chi connectivity index (χ1n) is 6.67. The molecule has 2 N–H and O–H groups in total. The molecule has 0 bridgehead atoms. The van der Waals surface area contributed by atoms with Crippen LogP contribution in [0.1, 0.15) is 44.2 Å². The van der Waals surface area contributed by atoms with Gasteiger partial charge in [-0.1, -0.05) is 12.8 Å². The zero-order chi connectivity index (χ0) is 12.8. The molecule has 1 aromatic rings. The van der Waals surface area contributed by atoms with E-state index in [1.807, 2.05) is 0 Å². The van der Waals surface area contributed by atoms with Crippen molar-refractivity contribution < 1.29 is 9.90 Å². The average molecular weight is 248 g/mol. The largest absolute Gasteiger partial charge is 0.506 e. The Morgan fingerprint density at radius 3 is 2.83 bits per heavy atom. The molecule has 4 heteroatoms. The Bertz CT molecular complexity index is 383. The highest BCUT2D eigenvalue weighted by atomic mass is 16.3. The van der Waals surface area contributed by atoms with Gasteiger partial charge in [0, 0.05) is 18.2 Å². The van der Waals surface area contributed by atoms with E-state index < -0.39 is 0 Å². The fraction of sp³-hybridized carbons (Fsp3) is 0.571. The summed E-state index contributed by atoms with van der Waals surface area (Å²) in [6.45, 7) is 0. The zero-order valence-corrected chi connectivity index (χ0v) is 10.6. The number of amides is 1. The van der Waals surface area contributed by atoms with Crippen molar-refractivity contribution in [3.05, 3.63) is 24.0 Å². The molecule has 0 saturated heterocycles. The van der Waals surface area contributed by atoms with Crippen LogP contribution in [0, 0.1) is 0 Å². The maximum Gasteiger partial charge on any atom is 0.220 e. The Morgan fingerprint density at radius 1 is 1.39 bits per heavy atom. The molecule has 2 rings (SSSR count). The van der Waals surface area contributed by atoms with E-state index in [9.17, 15) is 4.79 Å². The summed E-state index contributed by atoms with van der Waals surface area (Å²) in [5, 5.41) is 12.2. The van der Waals surface area contributed by atoms with Crippen LogP contribution in [0.4, 0.5) is 0 Å². The van der Waals surface area contributed by atoms with Crippen molar-refractivity contribution in [2.45, 2.75) is 51.0 Å². The number of nitrogens with one attached hydrogen (secondary N) is 1. The van der Waals surface area contributed by atoms with Crippen LogP contribution in [0.15, 0.2) is 18.3 Å². The van der Waals surface area contributed by atoms with E-state index in [-0.39, 0.29) is 11.7 Å². The quantitative estimate of drug-likeness (QED) is 0.839. The highest BCUT2D eigenvalue weighted by Crippen LogP contribution is 2.17. The Hall–Kier alpha value is -1.58. The standard InChI is InChI=1S/C14H20N2O2/c17-13-9-8-11(15-10-13)6-3-7-14(18)16-12-4-1-2-5-12/h8-10,12,17H,1-7H2,(H,16,18). The number of carbonyl (C=O) groups excluding carboxylic acids is 1. The first kappa shape index (κ1) is 12.9. The molecular weight excluding hydrogens is 228 g/mol. The topological polar surface area (TPSA) is 62.2 Å². The van der Waals surface area contributed by atoms with Crippen molar-refractivity contribution in [1.82, 2.24) is 10.3 Å². The molecule has 0 spiro atoms. The van der Waals surface area contributed by atoms with Crippen molar-refractivity contribution >= 4 is 5.91 Å². The minimum absolute atomic E-state index is 0.153. The lowest BCUT2D eigenvalue weighted by atomic mass is 10.1. The van der Waals surface area contributed by atoms with Crippen molar-refractivity contribution in [2.24, 2.45) is 0 Å². The van der Waals surface area contributed by atoms with Gasteiger partial charge in [0.25, 0.3) is 0 Å². The lowest BCUT2D eigenvalue weighted by Gasteiger charge is -2.11. The third kappa shape index (κ3) is 4.02. The number of hydrogen-bond donors (Lipinski definition) is 2. The second-order valence-corrected chi connectivity index (χ2v) is 4.91. The maximum absolute atomic E-state index is 11.7. The second kappa shape index (κ2) is 6.38. The highest BCUT2D eigenvalue weighted by Gasteiger charge is 2.16. The molecule has 1 amide bonds. The molecule has 0 aliphatic heterocycles. The van der Waals surface area contributed by atoms with Gasteiger partial charge in [-0.3, -0.25) is 9.78 Å². The van der Waals surface area contributed by atoms with Crippen molar-refractivity contribution in [2.75, 3.05) is 0 Å². The molecule has 1 fully saturated rings. The number of pyridine rings is 1. The number of nitrogens with zero attached hydrogens (tertiary/aromatic N) is 1. The Labute approximate surface area is 107 Å². The van der Waals surface area contributed by atoms with E-state index in [1.54, 1.807) is 12.1 Å². The molecule has 98 valence electrons.